The fourth-order valence-corrected chi connectivity index (χ4v) is 8.82. The van der Waals surface area contributed by atoms with Crippen LogP contribution in [0.3, 0.4) is 0 Å². The lowest BCUT2D eigenvalue weighted by molar-refractivity contribution is -0.347. The number of benzene rings is 6. The summed E-state index contributed by atoms with van der Waals surface area (Å²) in [4.78, 5) is 84.3. The molecule has 10 atom stereocenters. The van der Waals surface area contributed by atoms with Gasteiger partial charge < -0.3 is 57.4 Å². The van der Waals surface area contributed by atoms with Crippen LogP contribution in [0.4, 0.5) is 4.79 Å². The summed E-state index contributed by atoms with van der Waals surface area (Å²) in [5, 5.41) is 2.78. The number of esters is 5. The highest BCUT2D eigenvalue weighted by molar-refractivity contribution is 5.91. The van der Waals surface area contributed by atoms with Gasteiger partial charge in [0.05, 0.1) is 42.1 Å². The zero-order valence-electron chi connectivity index (χ0n) is 43.8. The Morgan fingerprint density at radius 2 is 0.938 bits per heavy atom. The van der Waals surface area contributed by atoms with Crippen LogP contribution in [-0.4, -0.2) is 117 Å². The molecule has 2 heterocycles. The third-order valence-electron chi connectivity index (χ3n) is 12.7. The molecule has 80 heavy (non-hydrogen) atoms. The fraction of sp³-hybridized carbons (Fsp3) is 0.290. The third kappa shape index (κ3) is 16.3. The van der Waals surface area contributed by atoms with E-state index in [9.17, 15) is 28.8 Å². The Morgan fingerprint density at radius 1 is 0.487 bits per heavy atom. The predicted octanol–water partition coefficient (Wildman–Crippen LogP) is 8.78. The van der Waals surface area contributed by atoms with Gasteiger partial charge in [0, 0.05) is 6.92 Å². The standard InChI is InChI=1S/C62H61NO17/c1-3-4-23-36-71-60-50(63-62(69)73-38-43-26-13-6-14-27-43)53(74-41(2)64)51(48(75-60)39-70-37-42-24-11-5-12-25-42)80-61-55(79-59(68)47-34-21-10-22-35-47)54(78-58(67)46-32-19-9-20-33-46)52(77-57(66)45-30-17-8-18-31-45)49(76-61)40-72-56(65)44-28-15-7-16-29-44/h3,5-22,24-35,48-55,60-61H,1,4,23,36-40H2,2H3,(H,63,69)/t48-,49-,50-,51-,52+,53-,54+,55-,60-,61+/m1/s1. The van der Waals surface area contributed by atoms with Crippen LogP contribution in [0, 0.1) is 0 Å². The number of unbranched alkanes of at least 4 members (excludes halogenated alkanes) is 1. The van der Waals surface area contributed by atoms with Crippen molar-refractivity contribution in [3.05, 3.63) is 228 Å². The molecule has 0 radical (unpaired) electrons. The maximum atomic E-state index is 14.5. The summed E-state index contributed by atoms with van der Waals surface area (Å²) in [6.45, 7) is 4.03. The average molecular weight is 1090 g/mol. The number of ether oxygens (including phenoxy) is 11. The number of allylic oxidation sites excluding steroid dienone is 1. The van der Waals surface area contributed by atoms with Gasteiger partial charge in [-0.2, -0.15) is 0 Å². The minimum absolute atomic E-state index is 0.0526. The van der Waals surface area contributed by atoms with Crippen LogP contribution >= 0.6 is 0 Å². The summed E-state index contributed by atoms with van der Waals surface area (Å²) in [6, 6.07) is 48.5. The van der Waals surface area contributed by atoms with Crippen molar-refractivity contribution in [2.45, 2.75) is 94.3 Å². The molecule has 2 saturated heterocycles. The smallest absolute Gasteiger partial charge is 0.407 e. The zero-order chi connectivity index (χ0) is 56.1. The van der Waals surface area contributed by atoms with E-state index in [0.29, 0.717) is 18.4 Å². The maximum Gasteiger partial charge on any atom is 0.407 e. The van der Waals surface area contributed by atoms with E-state index >= 15 is 0 Å². The maximum absolute atomic E-state index is 14.5. The number of nitrogens with one attached hydrogen (secondary N) is 1. The van der Waals surface area contributed by atoms with E-state index in [1.54, 1.807) is 103 Å². The number of amides is 1. The van der Waals surface area contributed by atoms with E-state index in [1.807, 2.05) is 36.4 Å². The summed E-state index contributed by atoms with van der Waals surface area (Å²) in [6.07, 6.45) is -12.8. The van der Waals surface area contributed by atoms with Crippen molar-refractivity contribution in [3.63, 3.8) is 0 Å². The zero-order valence-corrected chi connectivity index (χ0v) is 43.8. The van der Waals surface area contributed by atoms with E-state index in [4.69, 9.17) is 52.1 Å². The van der Waals surface area contributed by atoms with E-state index < -0.39 is 104 Å². The predicted molar refractivity (Wildman–Crippen MR) is 286 cm³/mol. The summed E-state index contributed by atoms with van der Waals surface area (Å²) in [5.41, 5.74) is 1.84. The largest absolute Gasteiger partial charge is 0.459 e. The fourth-order valence-electron chi connectivity index (χ4n) is 8.82. The second-order valence-electron chi connectivity index (χ2n) is 18.5. The molecule has 8 rings (SSSR count). The number of hydrogen-bond acceptors (Lipinski definition) is 17. The first-order valence-corrected chi connectivity index (χ1v) is 26.0. The molecule has 1 N–H and O–H groups in total. The molecule has 18 nitrogen and oxygen atoms in total. The van der Waals surface area contributed by atoms with Crippen LogP contribution in [-0.2, 0) is 70.1 Å². The molecule has 0 bridgehead atoms. The van der Waals surface area contributed by atoms with Crippen molar-refractivity contribution < 1.29 is 80.9 Å². The molecule has 18 heteroatoms. The molecular formula is C62H61NO17. The number of carbonyl (C=O) groups is 6. The normalized spacial score (nSPS) is 22.3. The van der Waals surface area contributed by atoms with Crippen molar-refractivity contribution in [2.24, 2.45) is 0 Å². The SMILES string of the molecule is C=CCCCO[C@@H]1O[C@H](COCc2ccccc2)[C@@H](O[C@@H]2O[C@H](COC(=O)c3ccccc3)[C@H](OC(=O)c3ccccc3)[C@H](OC(=O)c3ccccc3)[C@H]2OC(=O)c2ccccc2)[C@H](OC(C)=O)[C@H]1NC(=O)OCc1ccccc1. The lowest BCUT2D eigenvalue weighted by atomic mass is 9.94. The Bertz CT molecular complexity index is 2940. The van der Waals surface area contributed by atoms with E-state index in [-0.39, 0.29) is 48.7 Å². The first-order chi connectivity index (χ1) is 39.0. The summed E-state index contributed by atoms with van der Waals surface area (Å²) in [7, 11) is 0. The molecular weight excluding hydrogens is 1030 g/mol. The topological polar surface area (TPSA) is 216 Å². The third-order valence-corrected chi connectivity index (χ3v) is 12.7. The molecule has 2 fully saturated rings. The van der Waals surface area contributed by atoms with Crippen LogP contribution in [0.15, 0.2) is 195 Å². The molecule has 6 aromatic carbocycles. The van der Waals surface area contributed by atoms with Gasteiger partial charge >= 0.3 is 35.9 Å². The first-order valence-electron chi connectivity index (χ1n) is 26.0. The molecule has 0 spiro atoms. The van der Waals surface area contributed by atoms with Gasteiger partial charge in [0.15, 0.2) is 37.0 Å². The monoisotopic (exact) mass is 1090 g/mol. The summed E-state index contributed by atoms with van der Waals surface area (Å²) in [5.74, 6) is -4.44. The first kappa shape index (κ1) is 57.6. The lowest BCUT2D eigenvalue weighted by Gasteiger charge is -2.49. The van der Waals surface area contributed by atoms with Crippen molar-refractivity contribution in [2.75, 3.05) is 19.8 Å². The van der Waals surface area contributed by atoms with Crippen LogP contribution in [0.2, 0.25) is 0 Å². The second-order valence-corrected chi connectivity index (χ2v) is 18.5. The Morgan fingerprint density at radius 3 is 1.45 bits per heavy atom. The number of hydrogen-bond donors (Lipinski definition) is 1. The highest BCUT2D eigenvalue weighted by Gasteiger charge is 2.57. The molecule has 0 aromatic heterocycles. The Labute approximate surface area is 462 Å². The van der Waals surface area contributed by atoms with Gasteiger partial charge in [-0.15, -0.1) is 6.58 Å². The molecule has 2 aliphatic heterocycles. The van der Waals surface area contributed by atoms with Crippen LogP contribution in [0.1, 0.15) is 72.3 Å². The highest BCUT2D eigenvalue weighted by atomic mass is 16.8. The minimum atomic E-state index is -1.91. The van der Waals surface area contributed by atoms with Crippen LogP contribution in [0.5, 0.6) is 0 Å². The molecule has 1 amide bonds. The van der Waals surface area contributed by atoms with Gasteiger partial charge in [0.2, 0.25) is 0 Å². The minimum Gasteiger partial charge on any atom is -0.459 e. The van der Waals surface area contributed by atoms with Crippen molar-refractivity contribution >= 4 is 35.9 Å². The van der Waals surface area contributed by atoms with Crippen LogP contribution < -0.4 is 5.32 Å². The average Bonchev–Trinajstić information content (AvgIpc) is 3.58. The Kier molecular flexibility index (Phi) is 21.2. The van der Waals surface area contributed by atoms with Crippen molar-refractivity contribution in [3.8, 4) is 0 Å². The van der Waals surface area contributed by atoms with Gasteiger partial charge in [-0.25, -0.2) is 24.0 Å². The highest BCUT2D eigenvalue weighted by Crippen LogP contribution is 2.36. The molecule has 416 valence electrons. The van der Waals surface area contributed by atoms with E-state index in [1.165, 1.54) is 48.5 Å². The quantitative estimate of drug-likeness (QED) is 0.0259. The van der Waals surface area contributed by atoms with E-state index in [2.05, 4.69) is 11.9 Å². The number of rotatable bonds is 24. The van der Waals surface area contributed by atoms with Gasteiger partial charge in [-0.1, -0.05) is 140 Å². The van der Waals surface area contributed by atoms with Gasteiger partial charge in [-0.3, -0.25) is 4.79 Å². The van der Waals surface area contributed by atoms with Crippen molar-refractivity contribution in [1.82, 2.24) is 5.32 Å². The molecule has 2 aliphatic rings. The van der Waals surface area contributed by atoms with Gasteiger partial charge in [0.25, 0.3) is 0 Å². The summed E-state index contributed by atoms with van der Waals surface area (Å²) < 4.78 is 69.6. The second kappa shape index (κ2) is 29.5. The molecule has 0 aliphatic carbocycles. The molecule has 6 aromatic rings. The lowest BCUT2D eigenvalue weighted by Crippen LogP contribution is -2.69. The molecule has 0 unspecified atom stereocenters. The number of alkyl carbamates (subject to hydrolysis) is 1. The van der Waals surface area contributed by atoms with Crippen LogP contribution in [0.25, 0.3) is 0 Å². The Hall–Kier alpha value is -8.52. The summed E-state index contributed by atoms with van der Waals surface area (Å²) >= 11 is 0. The van der Waals surface area contributed by atoms with Crippen molar-refractivity contribution in [1.29, 1.82) is 0 Å². The molecule has 0 saturated carbocycles. The van der Waals surface area contributed by atoms with Gasteiger partial charge in [-0.05, 0) is 72.5 Å². The van der Waals surface area contributed by atoms with E-state index in [0.717, 1.165) is 12.5 Å². The number of carbonyl (C=O) groups excluding carboxylic acids is 6. The Balaban J connectivity index is 1.24. The van der Waals surface area contributed by atoms with Gasteiger partial charge in [0.1, 0.15) is 37.6 Å².